The lowest BCUT2D eigenvalue weighted by atomic mass is 9.82. The molecular weight excluding hydrogens is 679 g/mol. The Hall–Kier alpha value is -7.18. The summed E-state index contributed by atoms with van der Waals surface area (Å²) < 4.78 is 6.45. The first kappa shape index (κ1) is 32.5. The zero-order valence-electron chi connectivity index (χ0n) is 29.8. The first-order valence-electron chi connectivity index (χ1n) is 18.3. The van der Waals surface area contributed by atoms with E-state index < -0.39 is 23.0 Å². The predicted molar refractivity (Wildman–Crippen MR) is 227 cm³/mol. The lowest BCUT2D eigenvalue weighted by Gasteiger charge is -2.20. The quantitative estimate of drug-likeness (QED) is 0.108. The molecule has 1 aliphatic rings. The van der Waals surface area contributed by atoms with Crippen LogP contribution < -0.4 is 0 Å². The fourth-order valence-corrected chi connectivity index (χ4v) is 8.55. The van der Waals surface area contributed by atoms with Crippen LogP contribution in [0.2, 0.25) is 0 Å². The molecule has 8 aromatic carbocycles. The number of para-hydroxylation sites is 2. The van der Waals surface area contributed by atoms with E-state index in [-0.39, 0.29) is 6.42 Å². The molecule has 262 valence electrons. The number of benzene rings is 8. The van der Waals surface area contributed by atoms with Crippen LogP contribution in [0.5, 0.6) is 0 Å². The fraction of sp³-hybridized carbons (Fsp3) is 0.0204. The maximum Gasteiger partial charge on any atom is 0.204 e. The number of hydrogen-bond donors (Lipinski definition) is 4. The van der Waals surface area contributed by atoms with E-state index in [9.17, 15) is 20.4 Å². The summed E-state index contributed by atoms with van der Waals surface area (Å²) in [7, 11) is 1.67. The van der Waals surface area contributed by atoms with Crippen LogP contribution in [-0.2, 0) is 0 Å². The Labute approximate surface area is 317 Å². The van der Waals surface area contributed by atoms with Crippen molar-refractivity contribution >= 4 is 67.7 Å². The Balaban J connectivity index is 1.20. The van der Waals surface area contributed by atoms with Gasteiger partial charge in [-0.25, -0.2) is 0 Å². The molecule has 1 aliphatic carbocycles. The third-order valence-corrected chi connectivity index (χ3v) is 11.1. The minimum atomic E-state index is -0.747. The van der Waals surface area contributed by atoms with Crippen LogP contribution >= 0.6 is 0 Å². The van der Waals surface area contributed by atoms with Crippen LogP contribution in [0.25, 0.3) is 93.2 Å². The molecule has 0 fully saturated rings. The minimum Gasteiger partial charge on any atom is -0.505 e. The Bertz CT molecular complexity index is 3120. The van der Waals surface area contributed by atoms with E-state index >= 15 is 0 Å². The zero-order chi connectivity index (χ0) is 37.4. The average Bonchev–Trinajstić information content (AvgIpc) is 3.60. The molecular formula is C49H33BO5. The normalized spacial score (nSPS) is 13.9. The van der Waals surface area contributed by atoms with Crippen molar-refractivity contribution in [1.29, 1.82) is 0 Å². The molecule has 6 heteroatoms. The highest BCUT2D eigenvalue weighted by Crippen LogP contribution is 2.47. The summed E-state index contributed by atoms with van der Waals surface area (Å²) in [6, 6.07) is 52.4. The molecule has 0 atom stereocenters. The lowest BCUT2D eigenvalue weighted by Crippen LogP contribution is -1.99. The van der Waals surface area contributed by atoms with Crippen LogP contribution in [0.4, 0.5) is 0 Å². The lowest BCUT2D eigenvalue weighted by molar-refractivity contribution is 0.263. The van der Waals surface area contributed by atoms with E-state index in [2.05, 4.69) is 109 Å². The van der Waals surface area contributed by atoms with Crippen molar-refractivity contribution in [3.8, 4) is 33.4 Å². The van der Waals surface area contributed by atoms with Gasteiger partial charge in [0.05, 0.1) is 0 Å². The summed E-state index contributed by atoms with van der Waals surface area (Å²) in [6.07, 6.45) is 0.138. The predicted octanol–water partition coefficient (Wildman–Crippen LogP) is 12.4. The molecule has 1 heterocycles. The molecule has 10 rings (SSSR count). The molecule has 0 saturated carbocycles. The first-order chi connectivity index (χ1) is 26.9. The van der Waals surface area contributed by atoms with Crippen molar-refractivity contribution in [2.24, 2.45) is 0 Å². The number of furan rings is 1. The second kappa shape index (κ2) is 12.5. The van der Waals surface area contributed by atoms with Gasteiger partial charge in [-0.05, 0) is 84.3 Å². The number of rotatable bonds is 4. The SMILES string of the molecule is BC1=C(O)C(O)=C(O)C(O)=C(c2ccc(-c3c4ccccc4c(-c4cccc(-c5cccc6c5oc5ccccc56)c4)c4ccccc34)c3ccccc23)C1. The summed E-state index contributed by atoms with van der Waals surface area (Å²) in [4.78, 5) is 0. The van der Waals surface area contributed by atoms with Crippen molar-refractivity contribution in [2.75, 3.05) is 0 Å². The number of aliphatic hydroxyl groups excluding tert-OH is 4. The highest BCUT2D eigenvalue weighted by Gasteiger charge is 2.26. The Morgan fingerprint density at radius 1 is 0.400 bits per heavy atom. The fourth-order valence-electron chi connectivity index (χ4n) is 8.55. The number of hydrogen-bond acceptors (Lipinski definition) is 5. The van der Waals surface area contributed by atoms with E-state index in [4.69, 9.17) is 4.42 Å². The second-order valence-electron chi connectivity index (χ2n) is 14.2. The van der Waals surface area contributed by atoms with Gasteiger partial charge in [-0.2, -0.15) is 0 Å². The Kier molecular flexibility index (Phi) is 7.36. The maximum absolute atomic E-state index is 11.2. The van der Waals surface area contributed by atoms with Crippen molar-refractivity contribution in [3.63, 3.8) is 0 Å². The van der Waals surface area contributed by atoms with Gasteiger partial charge < -0.3 is 24.8 Å². The molecule has 0 spiro atoms. The van der Waals surface area contributed by atoms with Gasteiger partial charge in [0.2, 0.25) is 11.5 Å². The second-order valence-corrected chi connectivity index (χ2v) is 14.2. The minimum absolute atomic E-state index is 0.138. The summed E-state index contributed by atoms with van der Waals surface area (Å²) in [5.74, 6) is -2.38. The van der Waals surface area contributed by atoms with Gasteiger partial charge in [-0.3, -0.25) is 0 Å². The van der Waals surface area contributed by atoms with Crippen LogP contribution in [0, 0.1) is 0 Å². The van der Waals surface area contributed by atoms with Crippen LogP contribution in [0.1, 0.15) is 12.0 Å². The summed E-state index contributed by atoms with van der Waals surface area (Å²) in [5.41, 5.74) is 9.77. The maximum atomic E-state index is 11.2. The third-order valence-electron chi connectivity index (χ3n) is 11.1. The van der Waals surface area contributed by atoms with Gasteiger partial charge in [-0.1, -0.05) is 145 Å². The van der Waals surface area contributed by atoms with Gasteiger partial charge in [0, 0.05) is 21.9 Å². The first-order valence-corrected chi connectivity index (χ1v) is 18.3. The average molecular weight is 713 g/mol. The highest BCUT2D eigenvalue weighted by molar-refractivity contribution is 6.25. The molecule has 0 unspecified atom stereocenters. The molecule has 5 nitrogen and oxygen atoms in total. The van der Waals surface area contributed by atoms with Crippen LogP contribution in [0.3, 0.4) is 0 Å². The molecule has 0 radical (unpaired) electrons. The van der Waals surface area contributed by atoms with Gasteiger partial charge in [-0.15, -0.1) is 0 Å². The van der Waals surface area contributed by atoms with Gasteiger partial charge >= 0.3 is 0 Å². The van der Waals surface area contributed by atoms with Crippen LogP contribution in [0.15, 0.2) is 185 Å². The molecule has 0 saturated heterocycles. The van der Waals surface area contributed by atoms with E-state index in [1.54, 1.807) is 7.85 Å². The molecule has 0 amide bonds. The molecule has 55 heavy (non-hydrogen) atoms. The summed E-state index contributed by atoms with van der Waals surface area (Å²) in [5, 5.41) is 51.3. The number of fused-ring (bicyclic) bond motifs is 6. The van der Waals surface area contributed by atoms with E-state index in [1.807, 2.05) is 42.5 Å². The van der Waals surface area contributed by atoms with Crippen molar-refractivity contribution in [1.82, 2.24) is 0 Å². The van der Waals surface area contributed by atoms with Crippen molar-refractivity contribution < 1.29 is 24.8 Å². The van der Waals surface area contributed by atoms with Gasteiger partial charge in [0.25, 0.3) is 0 Å². The molecule has 9 aromatic rings. The molecule has 0 bridgehead atoms. The zero-order valence-corrected chi connectivity index (χ0v) is 29.8. The molecule has 0 aliphatic heterocycles. The standard InChI is InChI=1S/C49H33BO5/c50-41-26-40(45(51)47(53)48(54)46(41)52)32-23-24-38(31-14-2-1-13-30(31)32)44-36-18-5-3-16-34(36)43(35-17-4-6-19-37(35)44)28-12-9-11-27(25-28)29-20-10-21-39-33-15-7-8-22-42(33)55-49(29)39/h1-25,51-54H,26,50H2. The molecule has 4 N–H and O–H groups in total. The number of allylic oxidation sites excluding steroid dienone is 2. The highest BCUT2D eigenvalue weighted by atomic mass is 16.4. The van der Waals surface area contributed by atoms with Gasteiger partial charge in [0.15, 0.2) is 11.5 Å². The van der Waals surface area contributed by atoms with Crippen molar-refractivity contribution in [3.05, 3.63) is 186 Å². The Morgan fingerprint density at radius 2 is 0.909 bits per heavy atom. The molecule has 1 aromatic heterocycles. The largest absolute Gasteiger partial charge is 0.505 e. The smallest absolute Gasteiger partial charge is 0.204 e. The number of aliphatic hydroxyl groups is 4. The summed E-state index contributed by atoms with van der Waals surface area (Å²) >= 11 is 0. The third kappa shape index (κ3) is 4.95. The van der Waals surface area contributed by atoms with E-state index in [0.717, 1.165) is 87.6 Å². The van der Waals surface area contributed by atoms with E-state index in [0.29, 0.717) is 16.6 Å². The van der Waals surface area contributed by atoms with Gasteiger partial charge in [0.1, 0.15) is 19.0 Å². The Morgan fingerprint density at radius 3 is 1.60 bits per heavy atom. The topological polar surface area (TPSA) is 94.1 Å². The van der Waals surface area contributed by atoms with Crippen LogP contribution in [-0.4, -0.2) is 28.3 Å². The summed E-state index contributed by atoms with van der Waals surface area (Å²) in [6.45, 7) is 0. The van der Waals surface area contributed by atoms with Crippen molar-refractivity contribution in [2.45, 2.75) is 6.42 Å². The monoisotopic (exact) mass is 712 g/mol. The van der Waals surface area contributed by atoms with E-state index in [1.165, 1.54) is 0 Å².